The Bertz CT molecular complexity index is 768. The van der Waals surface area contributed by atoms with Gasteiger partial charge in [-0.1, -0.05) is 6.07 Å². The van der Waals surface area contributed by atoms with Crippen LogP contribution in [0.15, 0.2) is 47.5 Å². The highest BCUT2D eigenvalue weighted by molar-refractivity contribution is 5.78. The van der Waals surface area contributed by atoms with E-state index in [1.54, 1.807) is 7.11 Å². The SMILES string of the molecule is COc1cc(C)cc(CN=C(N)N2CCN(c3ccc(F)cc3)CC2)c1. The third-order valence-corrected chi connectivity index (χ3v) is 4.57. The van der Waals surface area contributed by atoms with Crippen molar-refractivity contribution < 1.29 is 9.13 Å². The lowest BCUT2D eigenvalue weighted by atomic mass is 10.1. The van der Waals surface area contributed by atoms with Crippen LogP contribution >= 0.6 is 0 Å². The van der Waals surface area contributed by atoms with Gasteiger partial charge in [-0.15, -0.1) is 0 Å². The van der Waals surface area contributed by atoms with Gasteiger partial charge in [0.1, 0.15) is 11.6 Å². The fourth-order valence-electron chi connectivity index (χ4n) is 3.15. The van der Waals surface area contributed by atoms with Crippen LogP contribution in [-0.4, -0.2) is 44.1 Å². The molecule has 0 aliphatic carbocycles. The molecule has 1 saturated heterocycles. The summed E-state index contributed by atoms with van der Waals surface area (Å²) in [5.41, 5.74) is 9.44. The minimum absolute atomic E-state index is 0.212. The third-order valence-electron chi connectivity index (χ3n) is 4.57. The van der Waals surface area contributed by atoms with E-state index in [1.807, 2.05) is 31.2 Å². The van der Waals surface area contributed by atoms with Crippen LogP contribution in [-0.2, 0) is 6.54 Å². The zero-order valence-corrected chi connectivity index (χ0v) is 15.3. The molecule has 0 spiro atoms. The van der Waals surface area contributed by atoms with Crippen molar-refractivity contribution >= 4 is 11.6 Å². The molecule has 1 heterocycles. The summed E-state index contributed by atoms with van der Waals surface area (Å²) in [6, 6.07) is 12.7. The number of anilines is 1. The number of aliphatic imine (C=N–C) groups is 1. The molecular weight excluding hydrogens is 331 g/mol. The number of guanidine groups is 1. The van der Waals surface area contributed by atoms with Crippen molar-refractivity contribution in [1.82, 2.24) is 4.90 Å². The molecule has 1 aliphatic rings. The van der Waals surface area contributed by atoms with Crippen LogP contribution in [0.3, 0.4) is 0 Å². The van der Waals surface area contributed by atoms with Gasteiger partial charge in [-0.3, -0.25) is 0 Å². The first-order valence-electron chi connectivity index (χ1n) is 8.75. The second-order valence-corrected chi connectivity index (χ2v) is 6.48. The number of methoxy groups -OCH3 is 1. The van der Waals surface area contributed by atoms with E-state index in [9.17, 15) is 4.39 Å². The third kappa shape index (κ3) is 4.45. The van der Waals surface area contributed by atoms with Gasteiger partial charge in [-0.25, -0.2) is 9.38 Å². The average molecular weight is 356 g/mol. The van der Waals surface area contributed by atoms with Crippen LogP contribution in [0, 0.1) is 12.7 Å². The van der Waals surface area contributed by atoms with Crippen LogP contribution in [0.5, 0.6) is 5.75 Å². The normalized spacial score (nSPS) is 15.3. The predicted molar refractivity (Wildman–Crippen MR) is 103 cm³/mol. The van der Waals surface area contributed by atoms with Crippen LogP contribution < -0.4 is 15.4 Å². The number of halogens is 1. The highest BCUT2D eigenvalue weighted by Crippen LogP contribution is 2.18. The minimum Gasteiger partial charge on any atom is -0.497 e. The number of benzene rings is 2. The summed E-state index contributed by atoms with van der Waals surface area (Å²) in [5.74, 6) is 1.18. The number of rotatable bonds is 4. The lowest BCUT2D eigenvalue weighted by Crippen LogP contribution is -2.51. The Labute approximate surface area is 153 Å². The molecule has 0 saturated carbocycles. The Kier molecular flexibility index (Phi) is 5.61. The van der Waals surface area contributed by atoms with Gasteiger partial charge in [0.05, 0.1) is 13.7 Å². The first-order chi connectivity index (χ1) is 12.5. The highest BCUT2D eigenvalue weighted by Gasteiger charge is 2.18. The van der Waals surface area contributed by atoms with Crippen LogP contribution in [0.2, 0.25) is 0 Å². The van der Waals surface area contributed by atoms with Crippen molar-refractivity contribution in [3.8, 4) is 5.75 Å². The van der Waals surface area contributed by atoms with Crippen molar-refractivity contribution in [3.05, 3.63) is 59.4 Å². The number of piperazine rings is 1. The molecule has 138 valence electrons. The maximum atomic E-state index is 13.1. The summed E-state index contributed by atoms with van der Waals surface area (Å²) in [6.45, 7) is 5.82. The summed E-state index contributed by atoms with van der Waals surface area (Å²) in [5, 5.41) is 0. The Hall–Kier alpha value is -2.76. The predicted octanol–water partition coefficient (Wildman–Crippen LogP) is 2.78. The van der Waals surface area contributed by atoms with Crippen LogP contribution in [0.4, 0.5) is 10.1 Å². The quantitative estimate of drug-likeness (QED) is 0.676. The van der Waals surface area contributed by atoms with Gasteiger partial charge in [0, 0.05) is 31.9 Å². The van der Waals surface area contributed by atoms with Crippen molar-refractivity contribution in [2.24, 2.45) is 10.7 Å². The molecule has 2 aromatic carbocycles. The zero-order valence-electron chi connectivity index (χ0n) is 15.3. The van der Waals surface area contributed by atoms with Gasteiger partial charge in [-0.05, 0) is 54.4 Å². The number of aryl methyl sites for hydroxylation is 1. The van der Waals surface area contributed by atoms with Crippen molar-refractivity contribution in [2.45, 2.75) is 13.5 Å². The largest absolute Gasteiger partial charge is 0.497 e. The van der Waals surface area contributed by atoms with Crippen LogP contribution in [0.1, 0.15) is 11.1 Å². The van der Waals surface area contributed by atoms with E-state index >= 15 is 0 Å². The number of hydrogen-bond acceptors (Lipinski definition) is 3. The molecule has 0 atom stereocenters. The molecule has 2 aromatic rings. The maximum absolute atomic E-state index is 13.1. The van der Waals surface area contributed by atoms with E-state index in [-0.39, 0.29) is 5.82 Å². The summed E-state index contributed by atoms with van der Waals surface area (Å²) in [7, 11) is 1.66. The van der Waals surface area contributed by atoms with Crippen molar-refractivity contribution in [3.63, 3.8) is 0 Å². The van der Waals surface area contributed by atoms with E-state index in [0.717, 1.165) is 48.7 Å². The number of nitrogens with zero attached hydrogens (tertiary/aromatic N) is 3. The molecular formula is C20H25FN4O. The molecule has 6 heteroatoms. The molecule has 1 aliphatic heterocycles. The number of hydrogen-bond donors (Lipinski definition) is 1. The molecule has 1 fully saturated rings. The lowest BCUT2D eigenvalue weighted by molar-refractivity contribution is 0.380. The Morgan fingerprint density at radius 1 is 1.12 bits per heavy atom. The van der Waals surface area contributed by atoms with Gasteiger partial charge in [0.2, 0.25) is 0 Å². The van der Waals surface area contributed by atoms with Crippen LogP contribution in [0.25, 0.3) is 0 Å². The van der Waals surface area contributed by atoms with Gasteiger partial charge in [0.25, 0.3) is 0 Å². The van der Waals surface area contributed by atoms with Gasteiger partial charge < -0.3 is 20.3 Å². The fourth-order valence-corrected chi connectivity index (χ4v) is 3.15. The Morgan fingerprint density at radius 3 is 2.46 bits per heavy atom. The Morgan fingerprint density at radius 2 is 1.81 bits per heavy atom. The molecule has 0 radical (unpaired) electrons. The monoisotopic (exact) mass is 356 g/mol. The van der Waals surface area contributed by atoms with E-state index < -0.39 is 0 Å². The molecule has 3 rings (SSSR count). The summed E-state index contributed by atoms with van der Waals surface area (Å²) >= 11 is 0. The van der Waals surface area contributed by atoms with Gasteiger partial charge in [-0.2, -0.15) is 0 Å². The Balaban J connectivity index is 1.57. The summed E-state index contributed by atoms with van der Waals surface area (Å²) in [4.78, 5) is 8.86. The number of ether oxygens (including phenoxy) is 1. The maximum Gasteiger partial charge on any atom is 0.191 e. The van der Waals surface area contributed by atoms with E-state index in [0.29, 0.717) is 12.5 Å². The van der Waals surface area contributed by atoms with Gasteiger partial charge >= 0.3 is 0 Å². The first kappa shape index (κ1) is 18.0. The molecule has 0 bridgehead atoms. The lowest BCUT2D eigenvalue weighted by Gasteiger charge is -2.36. The molecule has 0 amide bonds. The molecule has 2 N–H and O–H groups in total. The average Bonchev–Trinajstić information content (AvgIpc) is 2.66. The molecule has 26 heavy (non-hydrogen) atoms. The van der Waals surface area contributed by atoms with Gasteiger partial charge in [0.15, 0.2) is 5.96 Å². The van der Waals surface area contributed by atoms with E-state index in [2.05, 4.69) is 20.9 Å². The summed E-state index contributed by atoms with van der Waals surface area (Å²) in [6.07, 6.45) is 0. The fraction of sp³-hybridized carbons (Fsp3) is 0.350. The second kappa shape index (κ2) is 8.08. The smallest absolute Gasteiger partial charge is 0.191 e. The second-order valence-electron chi connectivity index (χ2n) is 6.48. The zero-order chi connectivity index (χ0) is 18.5. The first-order valence-corrected chi connectivity index (χ1v) is 8.75. The van der Waals surface area contributed by atoms with E-state index in [4.69, 9.17) is 10.5 Å². The standard InChI is InChI=1S/C20H25FN4O/c1-15-11-16(13-19(12-15)26-2)14-23-20(22)25-9-7-24(8-10-25)18-5-3-17(21)4-6-18/h3-6,11-13H,7-10,14H2,1-2H3,(H2,22,23). The van der Waals surface area contributed by atoms with Crippen molar-refractivity contribution in [2.75, 3.05) is 38.2 Å². The minimum atomic E-state index is -0.212. The highest BCUT2D eigenvalue weighted by atomic mass is 19.1. The van der Waals surface area contributed by atoms with E-state index in [1.165, 1.54) is 12.1 Å². The topological polar surface area (TPSA) is 54.1 Å². The number of nitrogens with two attached hydrogens (primary N) is 1. The molecule has 0 unspecified atom stereocenters. The summed E-state index contributed by atoms with van der Waals surface area (Å²) < 4.78 is 18.4. The molecule has 5 nitrogen and oxygen atoms in total. The molecule has 0 aromatic heterocycles. The van der Waals surface area contributed by atoms with Crippen molar-refractivity contribution in [1.29, 1.82) is 0 Å².